The second-order valence-electron chi connectivity index (χ2n) is 3.90. The van der Waals surface area contributed by atoms with Crippen LogP contribution in [0.4, 0.5) is 0 Å². The Morgan fingerprint density at radius 2 is 1.65 bits per heavy atom. The van der Waals surface area contributed by atoms with Crippen LogP contribution in [0.25, 0.3) is 9.65 Å². The van der Waals surface area contributed by atoms with Crippen LogP contribution in [0.2, 0.25) is 5.15 Å². The van der Waals surface area contributed by atoms with Crippen LogP contribution in [-0.2, 0) is 6.54 Å². The average molecular weight is 308 g/mol. The van der Waals surface area contributed by atoms with Gasteiger partial charge in [0.1, 0.15) is 0 Å². The average Bonchev–Trinajstić information content (AvgIpc) is 2.68. The summed E-state index contributed by atoms with van der Waals surface area (Å²) < 4.78 is 3.65. The minimum absolute atomic E-state index is 0.309. The zero-order valence-electron chi connectivity index (χ0n) is 9.14. The minimum atomic E-state index is 0.309. The number of benzene rings is 2. The molecule has 0 amide bonds. The van der Waals surface area contributed by atoms with Gasteiger partial charge >= 0.3 is 111 Å². The Morgan fingerprint density at radius 3 is 2.41 bits per heavy atom. The van der Waals surface area contributed by atoms with E-state index >= 15 is 0 Å². The maximum atomic E-state index is 6.42. The zero-order valence-corrected chi connectivity index (χ0v) is 11.6. The second-order valence-corrected chi connectivity index (χ2v) is 6.49. The van der Waals surface area contributed by atoms with Crippen LogP contribution < -0.4 is 3.56 Å². The van der Waals surface area contributed by atoms with E-state index in [-0.39, 0.29) is 0 Å². The number of hydrogen-bond acceptors (Lipinski definition) is 0. The molecule has 17 heavy (non-hydrogen) atoms. The van der Waals surface area contributed by atoms with E-state index in [1.807, 2.05) is 12.1 Å². The van der Waals surface area contributed by atoms with Crippen molar-refractivity contribution < 1.29 is 3.56 Å². The second kappa shape index (κ2) is 4.66. The summed E-state index contributed by atoms with van der Waals surface area (Å²) in [5.41, 5.74) is 1.31. The first-order valence-corrected chi connectivity index (χ1v) is 7.46. The number of aromatic nitrogens is 1. The van der Waals surface area contributed by atoms with Gasteiger partial charge in [-0.2, -0.15) is 0 Å². The van der Waals surface area contributed by atoms with Gasteiger partial charge in [0.05, 0.1) is 0 Å². The SMILES string of the molecule is Clc1c2ccccc2[se][n+]1Cc1ccccc1. The Bertz CT molecular complexity index is 646. The van der Waals surface area contributed by atoms with Crippen molar-refractivity contribution in [2.75, 3.05) is 0 Å². The molecule has 0 fully saturated rings. The fraction of sp³-hybridized carbons (Fsp3) is 0.0714. The summed E-state index contributed by atoms with van der Waals surface area (Å²) in [4.78, 5) is 0. The van der Waals surface area contributed by atoms with Gasteiger partial charge in [-0.15, -0.1) is 0 Å². The number of hydrogen-bond donors (Lipinski definition) is 0. The maximum absolute atomic E-state index is 6.42. The molecule has 84 valence electrons. The molecule has 0 saturated carbocycles. The van der Waals surface area contributed by atoms with Crippen LogP contribution in [0.5, 0.6) is 0 Å². The van der Waals surface area contributed by atoms with Gasteiger partial charge in [-0.25, -0.2) is 0 Å². The number of rotatable bonds is 2. The molecule has 3 heteroatoms. The van der Waals surface area contributed by atoms with E-state index < -0.39 is 0 Å². The van der Waals surface area contributed by atoms with E-state index in [0.29, 0.717) is 14.7 Å². The van der Waals surface area contributed by atoms with Crippen molar-refractivity contribution in [1.29, 1.82) is 0 Å². The first kappa shape index (κ1) is 11.0. The summed E-state index contributed by atoms with van der Waals surface area (Å²) in [6, 6.07) is 18.9. The molecular formula is C14H11ClNSe+. The molecule has 0 aliphatic carbocycles. The molecule has 0 spiro atoms. The van der Waals surface area contributed by atoms with Gasteiger partial charge in [0.25, 0.3) is 0 Å². The van der Waals surface area contributed by atoms with Gasteiger partial charge in [0.2, 0.25) is 0 Å². The quantitative estimate of drug-likeness (QED) is 0.641. The topological polar surface area (TPSA) is 3.88 Å². The number of fused-ring (bicyclic) bond motifs is 1. The summed E-state index contributed by atoms with van der Waals surface area (Å²) in [6.45, 7) is 0.897. The summed E-state index contributed by atoms with van der Waals surface area (Å²) in [5.74, 6) is 0. The summed E-state index contributed by atoms with van der Waals surface area (Å²) in [5, 5.41) is 2.09. The Labute approximate surface area is 111 Å². The number of halogens is 1. The fourth-order valence-electron chi connectivity index (χ4n) is 1.86. The van der Waals surface area contributed by atoms with Crippen LogP contribution in [0.15, 0.2) is 54.6 Å². The van der Waals surface area contributed by atoms with Crippen molar-refractivity contribution in [3.63, 3.8) is 0 Å². The molecule has 3 aromatic rings. The van der Waals surface area contributed by atoms with E-state index in [0.717, 1.165) is 11.7 Å². The van der Waals surface area contributed by atoms with Crippen molar-refractivity contribution in [3.05, 3.63) is 65.3 Å². The van der Waals surface area contributed by atoms with Crippen molar-refractivity contribution in [2.24, 2.45) is 0 Å². The Balaban J connectivity index is 2.04. The van der Waals surface area contributed by atoms with Crippen LogP contribution in [0.1, 0.15) is 5.56 Å². The zero-order chi connectivity index (χ0) is 11.7. The summed E-state index contributed by atoms with van der Waals surface area (Å²) in [6.07, 6.45) is 0. The third kappa shape index (κ3) is 2.16. The summed E-state index contributed by atoms with van der Waals surface area (Å²) >= 11 is 6.73. The van der Waals surface area contributed by atoms with Gasteiger partial charge in [0.15, 0.2) is 0 Å². The first-order valence-electron chi connectivity index (χ1n) is 5.46. The standard InChI is InChI=1S/C14H11ClNSe/c15-14-12-8-4-5-9-13(12)17-16(14)10-11-6-2-1-3-7-11/h1-9H,10H2/q+1. The predicted molar refractivity (Wildman–Crippen MR) is 71.6 cm³/mol. The van der Waals surface area contributed by atoms with E-state index in [4.69, 9.17) is 11.6 Å². The molecule has 0 bridgehead atoms. The van der Waals surface area contributed by atoms with Crippen LogP contribution in [0, 0.1) is 0 Å². The first-order chi connectivity index (χ1) is 8.34. The molecule has 0 atom stereocenters. The fourth-order valence-corrected chi connectivity index (χ4v) is 4.56. The molecule has 1 nitrogen and oxygen atoms in total. The van der Waals surface area contributed by atoms with Gasteiger partial charge in [-0.05, 0) is 0 Å². The van der Waals surface area contributed by atoms with Gasteiger partial charge in [0, 0.05) is 0 Å². The Kier molecular flexibility index (Phi) is 3.02. The molecule has 0 N–H and O–H groups in total. The molecule has 0 aliphatic heterocycles. The third-order valence-electron chi connectivity index (χ3n) is 2.71. The van der Waals surface area contributed by atoms with Crippen molar-refractivity contribution in [3.8, 4) is 0 Å². The monoisotopic (exact) mass is 308 g/mol. The molecule has 2 aromatic carbocycles. The van der Waals surface area contributed by atoms with E-state index in [2.05, 4.69) is 46.0 Å². The molecule has 0 aliphatic rings. The molecular weight excluding hydrogens is 297 g/mol. The van der Waals surface area contributed by atoms with Crippen LogP contribution in [-0.4, -0.2) is 14.7 Å². The number of nitrogens with zero attached hydrogens (tertiary/aromatic N) is 1. The Hall–Kier alpha value is -1.08. The molecule has 0 unspecified atom stereocenters. The van der Waals surface area contributed by atoms with E-state index in [1.165, 1.54) is 15.2 Å². The Morgan fingerprint density at radius 1 is 0.941 bits per heavy atom. The van der Waals surface area contributed by atoms with Gasteiger partial charge in [-0.3, -0.25) is 0 Å². The third-order valence-corrected chi connectivity index (χ3v) is 5.62. The normalized spacial score (nSPS) is 10.9. The van der Waals surface area contributed by atoms with Crippen molar-refractivity contribution >= 4 is 36.0 Å². The predicted octanol–water partition coefficient (Wildman–Crippen LogP) is 2.89. The van der Waals surface area contributed by atoms with Gasteiger partial charge in [-0.1, -0.05) is 0 Å². The van der Waals surface area contributed by atoms with Crippen LogP contribution in [0.3, 0.4) is 0 Å². The molecule has 0 saturated heterocycles. The molecule has 0 radical (unpaired) electrons. The summed E-state index contributed by atoms with van der Waals surface area (Å²) in [7, 11) is 0. The molecule has 3 rings (SSSR count). The van der Waals surface area contributed by atoms with E-state index in [9.17, 15) is 0 Å². The van der Waals surface area contributed by atoms with E-state index in [1.54, 1.807) is 0 Å². The van der Waals surface area contributed by atoms with Crippen molar-refractivity contribution in [1.82, 2.24) is 0 Å². The van der Waals surface area contributed by atoms with Crippen molar-refractivity contribution in [2.45, 2.75) is 6.54 Å². The molecule has 1 heterocycles. The molecule has 1 aromatic heterocycles. The van der Waals surface area contributed by atoms with Crippen LogP contribution >= 0.6 is 11.6 Å². The van der Waals surface area contributed by atoms with Gasteiger partial charge < -0.3 is 0 Å².